The van der Waals surface area contributed by atoms with Crippen molar-refractivity contribution in [2.75, 3.05) is 20.7 Å². The number of hydrogen-bond donors (Lipinski definition) is 1. The van der Waals surface area contributed by atoms with E-state index in [9.17, 15) is 9.59 Å². The van der Waals surface area contributed by atoms with Gasteiger partial charge in [0.1, 0.15) is 11.6 Å². The zero-order valence-electron chi connectivity index (χ0n) is 23.5. The predicted molar refractivity (Wildman–Crippen MR) is 153 cm³/mol. The number of amides is 1. The van der Waals surface area contributed by atoms with Crippen LogP contribution in [0.1, 0.15) is 55.7 Å². The van der Waals surface area contributed by atoms with Crippen molar-refractivity contribution in [3.05, 3.63) is 70.3 Å². The summed E-state index contributed by atoms with van der Waals surface area (Å²) in [5.74, 6) is 1.54. The summed E-state index contributed by atoms with van der Waals surface area (Å²) >= 11 is 6.57. The molecule has 8 heteroatoms. The smallest absolute Gasteiger partial charge is 0.408 e. The van der Waals surface area contributed by atoms with Crippen molar-refractivity contribution < 1.29 is 23.8 Å². The van der Waals surface area contributed by atoms with Gasteiger partial charge in [0.2, 0.25) is 0 Å². The van der Waals surface area contributed by atoms with E-state index in [-0.39, 0.29) is 23.2 Å². The highest BCUT2D eigenvalue weighted by molar-refractivity contribution is 6.31. The van der Waals surface area contributed by atoms with E-state index in [0.717, 1.165) is 42.7 Å². The summed E-state index contributed by atoms with van der Waals surface area (Å²) in [5.41, 5.74) is 1.32. The highest BCUT2D eigenvalue weighted by Gasteiger charge is 2.62. The summed E-state index contributed by atoms with van der Waals surface area (Å²) in [7, 11) is 3.80. The molecule has 212 valence electrons. The second kappa shape index (κ2) is 10.1. The van der Waals surface area contributed by atoms with Crippen molar-refractivity contribution in [1.29, 1.82) is 0 Å². The Morgan fingerprint density at radius 2 is 1.95 bits per heavy atom. The Morgan fingerprint density at radius 3 is 2.70 bits per heavy atom. The van der Waals surface area contributed by atoms with Crippen LogP contribution in [0, 0.1) is 12.8 Å². The molecule has 7 nitrogen and oxygen atoms in total. The molecule has 4 aliphatic rings. The van der Waals surface area contributed by atoms with Crippen LogP contribution in [-0.4, -0.2) is 55.7 Å². The van der Waals surface area contributed by atoms with Gasteiger partial charge in [0, 0.05) is 39.9 Å². The first-order chi connectivity index (χ1) is 19.2. The van der Waals surface area contributed by atoms with E-state index in [2.05, 4.69) is 43.3 Å². The fraction of sp³-hybridized carbons (Fsp3) is 0.500. The lowest BCUT2D eigenvalue weighted by atomic mass is 9.57. The fourth-order valence-corrected chi connectivity index (χ4v) is 8.02. The molecule has 1 unspecified atom stereocenters. The predicted octanol–water partition coefficient (Wildman–Crippen LogP) is 5.70. The second-order valence-corrected chi connectivity index (χ2v) is 12.2. The Morgan fingerprint density at radius 1 is 1.15 bits per heavy atom. The molecule has 6 rings (SSSR count). The van der Waals surface area contributed by atoms with Crippen LogP contribution >= 0.6 is 11.6 Å². The second-order valence-electron chi connectivity index (χ2n) is 11.8. The Balaban J connectivity index is 1.36. The number of alkyl carbamates (subject to hydrolysis) is 1. The summed E-state index contributed by atoms with van der Waals surface area (Å²) in [5, 5.41) is 3.44. The van der Waals surface area contributed by atoms with E-state index in [1.165, 1.54) is 0 Å². The van der Waals surface area contributed by atoms with Crippen LogP contribution in [0.15, 0.2) is 48.6 Å². The maximum Gasteiger partial charge on any atom is 0.408 e. The third-order valence-electron chi connectivity index (χ3n) is 9.84. The van der Waals surface area contributed by atoms with Crippen LogP contribution < -0.4 is 14.8 Å². The molecule has 2 fully saturated rings. The Labute approximate surface area is 240 Å². The number of ketones is 1. The van der Waals surface area contributed by atoms with Crippen molar-refractivity contribution in [1.82, 2.24) is 10.2 Å². The van der Waals surface area contributed by atoms with Crippen molar-refractivity contribution in [2.24, 2.45) is 5.92 Å². The SMILES string of the molecule is COc1ccc(C)c2c1O[C@H]1[C@@H](OC(=O)NC3(c4ccccc4Cl)CCCCC3=O)C=C[C@H]3[C@@H](C)N(C)CC[C@@]231. The number of carbonyl (C=O) groups excluding carboxylic acids is 2. The molecular weight excluding hydrogens is 528 g/mol. The summed E-state index contributed by atoms with van der Waals surface area (Å²) in [6.45, 7) is 5.25. The van der Waals surface area contributed by atoms with Gasteiger partial charge in [-0.1, -0.05) is 41.9 Å². The first-order valence-corrected chi connectivity index (χ1v) is 14.6. The number of carbonyl (C=O) groups is 2. The zero-order valence-corrected chi connectivity index (χ0v) is 24.3. The number of nitrogens with zero attached hydrogens (tertiary/aromatic N) is 1. The minimum Gasteiger partial charge on any atom is -0.493 e. The molecule has 1 spiro atoms. The molecule has 40 heavy (non-hydrogen) atoms. The number of benzene rings is 2. The van der Waals surface area contributed by atoms with E-state index in [4.69, 9.17) is 25.8 Å². The van der Waals surface area contributed by atoms with Gasteiger partial charge < -0.3 is 24.4 Å². The molecule has 1 saturated carbocycles. The summed E-state index contributed by atoms with van der Waals surface area (Å²) in [4.78, 5) is 29.5. The van der Waals surface area contributed by atoms with Gasteiger partial charge in [0.25, 0.3) is 0 Å². The molecule has 1 N–H and O–H groups in total. The molecule has 1 saturated heterocycles. The van der Waals surface area contributed by atoms with E-state index in [1.54, 1.807) is 13.2 Å². The molecule has 0 radical (unpaired) electrons. The third-order valence-corrected chi connectivity index (χ3v) is 10.2. The number of hydrogen-bond acceptors (Lipinski definition) is 6. The maximum atomic E-state index is 13.7. The number of likely N-dealkylation sites (tertiary alicyclic amines) is 1. The number of methoxy groups -OCH3 is 1. The van der Waals surface area contributed by atoms with Gasteiger partial charge in [-0.25, -0.2) is 4.79 Å². The highest BCUT2D eigenvalue weighted by atomic mass is 35.5. The van der Waals surface area contributed by atoms with Crippen molar-refractivity contribution >= 4 is 23.5 Å². The van der Waals surface area contributed by atoms with E-state index in [0.29, 0.717) is 29.2 Å². The minimum atomic E-state index is -1.21. The van der Waals surface area contributed by atoms with Crippen LogP contribution in [0.5, 0.6) is 11.5 Å². The average Bonchev–Trinajstić information content (AvgIpc) is 3.30. The average molecular weight is 565 g/mol. The largest absolute Gasteiger partial charge is 0.493 e. The lowest BCUT2D eigenvalue weighted by molar-refractivity contribution is -0.128. The lowest BCUT2D eigenvalue weighted by Crippen LogP contribution is -2.62. The number of halogens is 1. The number of aryl methyl sites for hydroxylation is 1. The Hall–Kier alpha value is -3.03. The summed E-state index contributed by atoms with van der Waals surface area (Å²) in [6.07, 6.45) is 5.74. The molecule has 0 bridgehead atoms. The molecule has 1 amide bonds. The normalized spacial score (nSPS) is 32.9. The Kier molecular flexibility index (Phi) is 6.86. The van der Waals surface area contributed by atoms with Crippen LogP contribution in [-0.2, 0) is 20.5 Å². The van der Waals surface area contributed by atoms with Gasteiger partial charge in [0.15, 0.2) is 23.4 Å². The lowest BCUT2D eigenvalue weighted by Gasteiger charge is -2.53. The van der Waals surface area contributed by atoms with Gasteiger partial charge >= 0.3 is 6.09 Å². The van der Waals surface area contributed by atoms with E-state index < -0.39 is 23.8 Å². The number of fused-ring (bicyclic) bond motifs is 1. The summed E-state index contributed by atoms with van der Waals surface area (Å²) < 4.78 is 18.6. The number of ether oxygens (including phenoxy) is 3. The maximum absolute atomic E-state index is 13.7. The first kappa shape index (κ1) is 27.2. The number of nitrogens with one attached hydrogen (secondary N) is 1. The topological polar surface area (TPSA) is 77.1 Å². The Bertz CT molecular complexity index is 1380. The van der Waals surface area contributed by atoms with Gasteiger partial charge in [-0.2, -0.15) is 0 Å². The van der Waals surface area contributed by atoms with Crippen molar-refractivity contribution in [3.63, 3.8) is 0 Å². The highest BCUT2D eigenvalue weighted by Crippen LogP contribution is 2.60. The van der Waals surface area contributed by atoms with Gasteiger partial charge in [-0.15, -0.1) is 0 Å². The number of piperidine rings is 1. The van der Waals surface area contributed by atoms with Crippen molar-refractivity contribution in [3.8, 4) is 11.5 Å². The van der Waals surface area contributed by atoms with Crippen LogP contribution in [0.4, 0.5) is 4.79 Å². The molecule has 2 aliphatic heterocycles. The molecule has 2 aromatic carbocycles. The quantitative estimate of drug-likeness (QED) is 0.480. The zero-order chi connectivity index (χ0) is 28.2. The van der Waals surface area contributed by atoms with E-state index >= 15 is 0 Å². The van der Waals surface area contributed by atoms with Crippen LogP contribution in [0.3, 0.4) is 0 Å². The number of Topliss-reactive ketones (excluding diaryl/α,β-unsaturated/α-hetero) is 1. The minimum absolute atomic E-state index is 0.0476. The van der Waals surface area contributed by atoms with Gasteiger partial charge in [-0.3, -0.25) is 4.79 Å². The summed E-state index contributed by atoms with van der Waals surface area (Å²) in [6, 6.07) is 11.5. The monoisotopic (exact) mass is 564 g/mol. The molecule has 2 aliphatic carbocycles. The molecule has 6 atom stereocenters. The first-order valence-electron chi connectivity index (χ1n) is 14.2. The van der Waals surface area contributed by atoms with Crippen LogP contribution in [0.2, 0.25) is 5.02 Å². The van der Waals surface area contributed by atoms with Gasteiger partial charge in [-0.05, 0) is 76.9 Å². The third kappa shape index (κ3) is 3.96. The van der Waals surface area contributed by atoms with E-state index in [1.807, 2.05) is 30.3 Å². The molecule has 2 aromatic rings. The van der Waals surface area contributed by atoms with Crippen LogP contribution in [0.25, 0.3) is 0 Å². The standard InChI is InChI=1S/C32H37ClN2O5/c1-19-12-14-24(38-4)28-27(19)31-17-18-35(3)20(2)21(31)13-15-25(29(31)40-28)39-30(37)34-32(16-8-7-11-26(32)36)22-9-5-6-10-23(22)33/h5-6,9-10,12-15,20-21,25,29H,7-8,11,16-18H2,1-4H3,(H,34,37)/t20-,21+,25+,29+,31+,32?/m1/s1. The van der Waals surface area contributed by atoms with Crippen molar-refractivity contribution in [2.45, 2.75) is 75.2 Å². The van der Waals surface area contributed by atoms with Gasteiger partial charge in [0.05, 0.1) is 7.11 Å². The fourth-order valence-electron chi connectivity index (χ4n) is 7.72. The number of rotatable bonds is 4. The molecule has 0 aromatic heterocycles. The molecular formula is C32H37ClN2O5. The molecule has 2 heterocycles.